The van der Waals surface area contributed by atoms with Crippen molar-refractivity contribution >= 4 is 17.6 Å². The number of aromatic hydroxyl groups is 2. The molecular weight excluding hydrogens is 346 g/mol. The van der Waals surface area contributed by atoms with Gasteiger partial charge in [-0.2, -0.15) is 20.1 Å². The summed E-state index contributed by atoms with van der Waals surface area (Å²) in [4.78, 5) is 18.2. The van der Waals surface area contributed by atoms with Crippen LogP contribution in [-0.4, -0.2) is 57.1 Å². The summed E-state index contributed by atoms with van der Waals surface area (Å²) in [5, 5.41) is 23.3. The summed E-state index contributed by atoms with van der Waals surface area (Å²) < 4.78 is 0. The summed E-state index contributed by atoms with van der Waals surface area (Å²) >= 11 is 0. The van der Waals surface area contributed by atoms with Crippen LogP contribution in [-0.2, 0) is 0 Å². The highest BCUT2D eigenvalue weighted by atomic mass is 16.3. The highest BCUT2D eigenvalue weighted by Crippen LogP contribution is 2.27. The van der Waals surface area contributed by atoms with E-state index in [1.54, 1.807) is 6.07 Å². The van der Waals surface area contributed by atoms with Crippen LogP contribution < -0.4 is 15.6 Å². The zero-order chi connectivity index (χ0) is 18.8. The van der Waals surface area contributed by atoms with Gasteiger partial charge in [0.2, 0.25) is 11.9 Å². The SMILES string of the molecule is N/N=C(\c1ccc(O)c(O)c1)c1nc(N2CCCC2)nc(N2CCCC2)n1. The highest BCUT2D eigenvalue weighted by Gasteiger charge is 2.23. The van der Waals surface area contributed by atoms with Gasteiger partial charge in [-0.05, 0) is 43.9 Å². The molecule has 1 aromatic carbocycles. The molecule has 4 rings (SSSR count). The molecule has 1 aromatic heterocycles. The number of hydrogen-bond donors (Lipinski definition) is 3. The van der Waals surface area contributed by atoms with Crippen LogP contribution in [0, 0.1) is 0 Å². The minimum absolute atomic E-state index is 0.207. The average molecular weight is 369 g/mol. The molecule has 27 heavy (non-hydrogen) atoms. The van der Waals surface area contributed by atoms with Crippen LogP contribution in [0.5, 0.6) is 11.5 Å². The minimum Gasteiger partial charge on any atom is -0.504 e. The number of hydrogen-bond acceptors (Lipinski definition) is 9. The van der Waals surface area contributed by atoms with Crippen LogP contribution in [0.3, 0.4) is 0 Å². The number of phenolic OH excluding ortho intramolecular Hbond substituents is 2. The third kappa shape index (κ3) is 3.44. The quantitative estimate of drug-likeness (QED) is 0.318. The molecule has 2 aromatic rings. The third-order valence-electron chi connectivity index (χ3n) is 4.98. The van der Waals surface area contributed by atoms with Crippen molar-refractivity contribution < 1.29 is 10.2 Å². The summed E-state index contributed by atoms with van der Waals surface area (Å²) in [6.45, 7) is 3.66. The molecular formula is C18H23N7O2. The van der Waals surface area contributed by atoms with E-state index in [0.29, 0.717) is 29.0 Å². The highest BCUT2D eigenvalue weighted by molar-refractivity contribution is 6.11. The van der Waals surface area contributed by atoms with Crippen LogP contribution in [0.15, 0.2) is 23.3 Å². The molecule has 2 fully saturated rings. The molecule has 0 bridgehead atoms. The first kappa shape index (κ1) is 17.3. The lowest BCUT2D eigenvalue weighted by Crippen LogP contribution is -2.27. The van der Waals surface area contributed by atoms with Crippen LogP contribution >= 0.6 is 0 Å². The Hall–Kier alpha value is -3.10. The largest absolute Gasteiger partial charge is 0.504 e. The summed E-state index contributed by atoms with van der Waals surface area (Å²) in [7, 11) is 0. The molecule has 0 unspecified atom stereocenters. The maximum atomic E-state index is 9.83. The molecule has 0 atom stereocenters. The van der Waals surface area contributed by atoms with Crippen molar-refractivity contribution in [1.29, 1.82) is 0 Å². The Labute approximate surface area is 157 Å². The van der Waals surface area contributed by atoms with Gasteiger partial charge >= 0.3 is 0 Å². The van der Waals surface area contributed by atoms with Crippen molar-refractivity contribution in [2.45, 2.75) is 25.7 Å². The standard InChI is InChI=1S/C18H23N7O2/c19-23-15(12-5-6-13(26)14(27)11-12)16-20-17(24-7-1-2-8-24)22-18(21-16)25-9-3-4-10-25/h5-6,11,26-27H,1-4,7-10,19H2/b23-15+. The van der Waals surface area contributed by atoms with E-state index in [2.05, 4.69) is 29.9 Å². The van der Waals surface area contributed by atoms with Gasteiger partial charge in [0.15, 0.2) is 17.3 Å². The summed E-state index contributed by atoms with van der Waals surface area (Å²) in [5.74, 6) is 6.81. The van der Waals surface area contributed by atoms with Crippen LogP contribution in [0.4, 0.5) is 11.9 Å². The number of benzene rings is 1. The smallest absolute Gasteiger partial charge is 0.230 e. The van der Waals surface area contributed by atoms with Crippen molar-refractivity contribution in [3.8, 4) is 11.5 Å². The molecule has 0 spiro atoms. The maximum absolute atomic E-state index is 9.83. The maximum Gasteiger partial charge on any atom is 0.230 e. The normalized spacial score (nSPS) is 17.7. The van der Waals surface area contributed by atoms with E-state index >= 15 is 0 Å². The zero-order valence-electron chi connectivity index (χ0n) is 15.0. The second-order valence-corrected chi connectivity index (χ2v) is 6.83. The van der Waals surface area contributed by atoms with Crippen LogP contribution in [0.1, 0.15) is 37.1 Å². The van der Waals surface area contributed by atoms with Gasteiger partial charge in [0.25, 0.3) is 0 Å². The first-order chi connectivity index (χ1) is 13.2. The van der Waals surface area contributed by atoms with Crippen molar-refractivity contribution in [1.82, 2.24) is 15.0 Å². The summed E-state index contributed by atoms with van der Waals surface area (Å²) in [6, 6.07) is 4.41. The predicted octanol–water partition coefficient (Wildman–Crippen LogP) is 1.19. The lowest BCUT2D eigenvalue weighted by atomic mass is 10.1. The monoisotopic (exact) mass is 369 g/mol. The molecule has 0 saturated carbocycles. The van der Waals surface area contributed by atoms with E-state index in [-0.39, 0.29) is 11.5 Å². The van der Waals surface area contributed by atoms with Crippen molar-refractivity contribution in [3.63, 3.8) is 0 Å². The van der Waals surface area contributed by atoms with Crippen molar-refractivity contribution in [3.05, 3.63) is 29.6 Å². The fraction of sp³-hybridized carbons (Fsp3) is 0.444. The number of hydrazone groups is 1. The molecule has 2 aliphatic heterocycles. The van der Waals surface area contributed by atoms with Crippen molar-refractivity contribution in [2.24, 2.45) is 10.9 Å². The van der Waals surface area contributed by atoms with Gasteiger partial charge in [0, 0.05) is 31.7 Å². The minimum atomic E-state index is -0.248. The van der Waals surface area contributed by atoms with Gasteiger partial charge in [-0.25, -0.2) is 0 Å². The first-order valence-corrected chi connectivity index (χ1v) is 9.22. The van der Waals surface area contributed by atoms with E-state index in [0.717, 1.165) is 51.9 Å². The number of phenols is 2. The lowest BCUT2D eigenvalue weighted by molar-refractivity contribution is 0.403. The van der Waals surface area contributed by atoms with Gasteiger partial charge in [0.1, 0.15) is 5.71 Å². The summed E-state index contributed by atoms with van der Waals surface area (Å²) in [5.41, 5.74) is 0.868. The third-order valence-corrected chi connectivity index (χ3v) is 4.98. The Balaban J connectivity index is 1.78. The van der Waals surface area contributed by atoms with Gasteiger partial charge in [0.05, 0.1) is 0 Å². The van der Waals surface area contributed by atoms with E-state index in [4.69, 9.17) is 5.84 Å². The lowest BCUT2D eigenvalue weighted by Gasteiger charge is -2.20. The Kier molecular flexibility index (Phi) is 4.66. The Morgan fingerprint density at radius 3 is 1.89 bits per heavy atom. The number of nitrogens with zero attached hydrogens (tertiary/aromatic N) is 6. The molecule has 4 N–H and O–H groups in total. The Morgan fingerprint density at radius 2 is 1.41 bits per heavy atom. The summed E-state index contributed by atoms with van der Waals surface area (Å²) in [6.07, 6.45) is 4.46. The number of aromatic nitrogens is 3. The Morgan fingerprint density at radius 1 is 0.852 bits per heavy atom. The second-order valence-electron chi connectivity index (χ2n) is 6.83. The molecule has 0 aliphatic carbocycles. The molecule has 142 valence electrons. The number of anilines is 2. The zero-order valence-corrected chi connectivity index (χ0v) is 15.0. The second kappa shape index (κ2) is 7.26. The van der Waals surface area contributed by atoms with Crippen LogP contribution in [0.2, 0.25) is 0 Å². The van der Waals surface area contributed by atoms with Gasteiger partial charge in [-0.3, -0.25) is 0 Å². The van der Waals surface area contributed by atoms with Gasteiger partial charge < -0.3 is 25.9 Å². The van der Waals surface area contributed by atoms with Gasteiger partial charge in [-0.15, -0.1) is 0 Å². The van der Waals surface area contributed by atoms with Crippen LogP contribution in [0.25, 0.3) is 0 Å². The molecule has 9 heteroatoms. The van der Waals surface area contributed by atoms with Gasteiger partial charge in [-0.1, -0.05) is 0 Å². The molecule has 9 nitrogen and oxygen atoms in total. The molecule has 2 aliphatic rings. The molecule has 2 saturated heterocycles. The van der Waals surface area contributed by atoms with E-state index in [1.807, 2.05) is 0 Å². The fourth-order valence-corrected chi connectivity index (χ4v) is 3.51. The first-order valence-electron chi connectivity index (χ1n) is 9.22. The number of nitrogens with two attached hydrogens (primary N) is 1. The average Bonchev–Trinajstić information content (AvgIpc) is 3.39. The molecule has 0 amide bonds. The van der Waals surface area contributed by atoms with E-state index in [9.17, 15) is 10.2 Å². The van der Waals surface area contributed by atoms with Crippen molar-refractivity contribution in [2.75, 3.05) is 36.0 Å². The van der Waals surface area contributed by atoms with E-state index < -0.39 is 0 Å². The van der Waals surface area contributed by atoms with E-state index in [1.165, 1.54) is 12.1 Å². The number of rotatable bonds is 4. The molecule has 0 radical (unpaired) electrons. The predicted molar refractivity (Wildman–Crippen MR) is 102 cm³/mol. The molecule has 3 heterocycles. The topological polar surface area (TPSA) is 124 Å². The fourth-order valence-electron chi connectivity index (χ4n) is 3.51. The Bertz CT molecular complexity index is 825.